The van der Waals surface area contributed by atoms with Crippen molar-refractivity contribution in [1.29, 1.82) is 5.41 Å². The normalized spacial score (nSPS) is 11.0. The first-order valence-electron chi connectivity index (χ1n) is 11.0. The van der Waals surface area contributed by atoms with Gasteiger partial charge in [0.25, 0.3) is 5.91 Å². The Morgan fingerprint density at radius 1 is 0.865 bits per heavy atom. The van der Waals surface area contributed by atoms with E-state index >= 15 is 0 Å². The third-order valence-corrected chi connectivity index (χ3v) is 6.43. The van der Waals surface area contributed by atoms with Gasteiger partial charge in [0.2, 0.25) is 10.0 Å². The highest BCUT2D eigenvalue weighted by Gasteiger charge is 2.16. The van der Waals surface area contributed by atoms with E-state index in [9.17, 15) is 13.2 Å². The number of hydrogen-bond donors (Lipinski definition) is 4. The zero-order valence-corrected chi connectivity index (χ0v) is 20.6. The van der Waals surface area contributed by atoms with Gasteiger partial charge >= 0.3 is 0 Å². The molecule has 0 bridgehead atoms. The molecular formula is C27H24N4O5S. The number of carbonyl (C=O) groups excluding carboxylic acids is 1. The molecule has 0 aliphatic heterocycles. The Kier molecular flexibility index (Phi) is 7.23. The van der Waals surface area contributed by atoms with Crippen LogP contribution in [-0.4, -0.2) is 27.3 Å². The van der Waals surface area contributed by atoms with E-state index in [1.54, 1.807) is 84.9 Å². The second-order valence-electron chi connectivity index (χ2n) is 7.98. The fourth-order valence-corrected chi connectivity index (χ4v) is 4.38. The number of nitrogen functional groups attached to an aromatic ring is 1. The van der Waals surface area contributed by atoms with E-state index in [2.05, 4.69) is 5.32 Å². The third kappa shape index (κ3) is 5.95. The largest absolute Gasteiger partial charge is 0.497 e. The summed E-state index contributed by atoms with van der Waals surface area (Å²) in [7, 11) is -2.40. The molecule has 0 radical (unpaired) electrons. The minimum Gasteiger partial charge on any atom is -0.497 e. The average Bonchev–Trinajstić information content (AvgIpc) is 2.89. The maximum absolute atomic E-state index is 13.0. The molecule has 0 aromatic heterocycles. The zero-order chi connectivity index (χ0) is 26.6. The van der Waals surface area contributed by atoms with E-state index in [0.717, 1.165) is 0 Å². The van der Waals surface area contributed by atoms with Gasteiger partial charge in [0.15, 0.2) is 5.75 Å². The highest BCUT2D eigenvalue weighted by molar-refractivity contribution is 7.89. The Labute approximate surface area is 214 Å². The van der Waals surface area contributed by atoms with Crippen LogP contribution < -0.4 is 25.7 Å². The molecule has 4 aromatic carbocycles. The number of hydrogen-bond acceptors (Lipinski definition) is 6. The van der Waals surface area contributed by atoms with Gasteiger partial charge in [0.05, 0.1) is 17.7 Å². The highest BCUT2D eigenvalue weighted by Crippen LogP contribution is 2.34. The standard InChI is InChI=1S/C27H24N4O5S/c1-35-20-13-14-23(24(16-20)36-21-6-4-5-19(15-21)26(28)29)31-27(32)18-11-9-17(10-12-18)22-7-2-3-8-25(22)37(30,33)34/h2-16H,1H3,(H3,28,29)(H,31,32)(H2,30,33,34). The predicted octanol–water partition coefficient (Wildman–Crippen LogP) is 4.34. The maximum Gasteiger partial charge on any atom is 0.255 e. The molecule has 0 saturated heterocycles. The molecule has 0 unspecified atom stereocenters. The lowest BCUT2D eigenvalue weighted by molar-refractivity contribution is 0.102. The van der Waals surface area contributed by atoms with E-state index in [4.69, 9.17) is 25.8 Å². The van der Waals surface area contributed by atoms with Gasteiger partial charge in [-0.1, -0.05) is 42.5 Å². The summed E-state index contributed by atoms with van der Waals surface area (Å²) >= 11 is 0. The summed E-state index contributed by atoms with van der Waals surface area (Å²) in [5.41, 5.74) is 7.84. The van der Waals surface area contributed by atoms with Gasteiger partial charge in [0.1, 0.15) is 17.3 Å². The van der Waals surface area contributed by atoms with E-state index < -0.39 is 15.9 Å². The SMILES string of the molecule is COc1ccc(NC(=O)c2ccc(-c3ccccc3S(N)(=O)=O)cc2)c(Oc2cccc(C(=N)N)c2)c1. The number of nitrogens with one attached hydrogen (secondary N) is 2. The number of sulfonamides is 1. The van der Waals surface area contributed by atoms with Crippen LogP contribution in [0.15, 0.2) is 95.9 Å². The van der Waals surface area contributed by atoms with Crippen LogP contribution in [-0.2, 0) is 10.0 Å². The van der Waals surface area contributed by atoms with E-state index in [1.165, 1.54) is 13.2 Å². The number of benzene rings is 4. The summed E-state index contributed by atoms with van der Waals surface area (Å²) in [5.74, 6) is 0.772. The van der Waals surface area contributed by atoms with E-state index in [-0.39, 0.29) is 10.7 Å². The molecule has 0 aliphatic rings. The summed E-state index contributed by atoms with van der Waals surface area (Å²) in [6.45, 7) is 0. The van der Waals surface area contributed by atoms with Crippen LogP contribution in [0.5, 0.6) is 17.2 Å². The van der Waals surface area contributed by atoms with Crippen LogP contribution in [0.2, 0.25) is 0 Å². The first kappa shape index (κ1) is 25.4. The summed E-state index contributed by atoms with van der Waals surface area (Å²) in [5, 5.41) is 15.8. The second-order valence-corrected chi connectivity index (χ2v) is 9.51. The first-order valence-corrected chi connectivity index (χ1v) is 12.5. The van der Waals surface area contributed by atoms with Crippen molar-refractivity contribution in [2.45, 2.75) is 4.90 Å². The van der Waals surface area contributed by atoms with Crippen molar-refractivity contribution >= 4 is 27.5 Å². The van der Waals surface area contributed by atoms with Crippen LogP contribution in [0.3, 0.4) is 0 Å². The fourth-order valence-electron chi connectivity index (χ4n) is 3.62. The summed E-state index contributed by atoms with van der Waals surface area (Å²) in [4.78, 5) is 13.0. The van der Waals surface area contributed by atoms with Crippen molar-refractivity contribution in [3.63, 3.8) is 0 Å². The number of rotatable bonds is 8. The number of primary sulfonamides is 1. The lowest BCUT2D eigenvalue weighted by Crippen LogP contribution is -2.14. The van der Waals surface area contributed by atoms with Crippen molar-refractivity contribution in [3.05, 3.63) is 102 Å². The molecule has 4 aromatic rings. The Hall–Kier alpha value is -4.67. The van der Waals surface area contributed by atoms with Crippen molar-refractivity contribution in [2.24, 2.45) is 10.9 Å². The number of carbonyl (C=O) groups is 1. The molecule has 0 fully saturated rings. The van der Waals surface area contributed by atoms with E-state index in [1.807, 2.05) is 0 Å². The monoisotopic (exact) mass is 516 g/mol. The molecule has 4 rings (SSSR count). The Bertz CT molecular complexity index is 1580. The molecule has 9 nitrogen and oxygen atoms in total. The predicted molar refractivity (Wildman–Crippen MR) is 142 cm³/mol. The van der Waals surface area contributed by atoms with Crippen molar-refractivity contribution in [3.8, 4) is 28.4 Å². The highest BCUT2D eigenvalue weighted by atomic mass is 32.2. The van der Waals surface area contributed by atoms with Gasteiger partial charge in [-0.15, -0.1) is 0 Å². The number of methoxy groups -OCH3 is 1. The molecule has 6 N–H and O–H groups in total. The summed E-state index contributed by atoms with van der Waals surface area (Å²) in [6, 6.07) is 24.5. The zero-order valence-electron chi connectivity index (χ0n) is 19.8. The minimum atomic E-state index is -3.91. The Morgan fingerprint density at radius 2 is 1.59 bits per heavy atom. The van der Waals surface area contributed by atoms with Gasteiger partial charge in [-0.25, -0.2) is 13.6 Å². The number of nitrogens with two attached hydrogens (primary N) is 2. The molecule has 37 heavy (non-hydrogen) atoms. The molecule has 0 heterocycles. The van der Waals surface area contributed by atoms with Gasteiger partial charge in [-0.2, -0.15) is 0 Å². The van der Waals surface area contributed by atoms with Gasteiger partial charge in [-0.05, 0) is 48.0 Å². The maximum atomic E-state index is 13.0. The minimum absolute atomic E-state index is 0.000988. The summed E-state index contributed by atoms with van der Waals surface area (Å²) < 4.78 is 35.2. The van der Waals surface area contributed by atoms with Crippen LogP contribution >= 0.6 is 0 Å². The number of amides is 1. The quantitative estimate of drug-likeness (QED) is 0.201. The van der Waals surface area contributed by atoms with Crippen LogP contribution in [0.25, 0.3) is 11.1 Å². The smallest absolute Gasteiger partial charge is 0.255 e. The van der Waals surface area contributed by atoms with Crippen LogP contribution in [0, 0.1) is 5.41 Å². The second kappa shape index (κ2) is 10.5. The van der Waals surface area contributed by atoms with Crippen LogP contribution in [0.1, 0.15) is 15.9 Å². The third-order valence-electron chi connectivity index (χ3n) is 5.46. The molecule has 0 saturated carbocycles. The number of anilines is 1. The van der Waals surface area contributed by atoms with Gasteiger partial charge in [0, 0.05) is 22.8 Å². The number of amidine groups is 1. The first-order chi connectivity index (χ1) is 17.7. The Balaban J connectivity index is 1.59. The lowest BCUT2D eigenvalue weighted by Gasteiger charge is -2.14. The Morgan fingerprint density at radius 3 is 2.27 bits per heavy atom. The van der Waals surface area contributed by atoms with Gasteiger partial charge < -0.3 is 20.5 Å². The van der Waals surface area contributed by atoms with Crippen molar-refractivity contribution in [1.82, 2.24) is 0 Å². The molecule has 0 atom stereocenters. The summed E-state index contributed by atoms with van der Waals surface area (Å²) in [6.07, 6.45) is 0. The number of ether oxygens (including phenoxy) is 2. The molecular weight excluding hydrogens is 492 g/mol. The molecule has 1 amide bonds. The average molecular weight is 517 g/mol. The van der Waals surface area contributed by atoms with Crippen molar-refractivity contribution < 1.29 is 22.7 Å². The van der Waals surface area contributed by atoms with E-state index in [0.29, 0.717) is 45.2 Å². The fraction of sp³-hybridized carbons (Fsp3) is 0.0370. The topological polar surface area (TPSA) is 158 Å². The molecule has 0 aliphatic carbocycles. The lowest BCUT2D eigenvalue weighted by atomic mass is 10.0. The van der Waals surface area contributed by atoms with Gasteiger partial charge in [-0.3, -0.25) is 10.2 Å². The molecule has 188 valence electrons. The molecule has 0 spiro atoms. The van der Waals surface area contributed by atoms with Crippen LogP contribution in [0.4, 0.5) is 5.69 Å². The van der Waals surface area contributed by atoms with Crippen molar-refractivity contribution in [2.75, 3.05) is 12.4 Å². The molecule has 10 heteroatoms.